The first-order valence-electron chi connectivity index (χ1n) is 9.80. The molecule has 0 N–H and O–H groups in total. The van der Waals surface area contributed by atoms with Crippen molar-refractivity contribution in [1.82, 2.24) is 14.5 Å². The van der Waals surface area contributed by atoms with E-state index in [2.05, 4.69) is 34.6 Å². The molecule has 1 aromatic heterocycles. The summed E-state index contributed by atoms with van der Waals surface area (Å²) < 4.78 is 19.2. The van der Waals surface area contributed by atoms with Gasteiger partial charge in [0.1, 0.15) is 12.4 Å². The molecule has 1 aliphatic heterocycles. The van der Waals surface area contributed by atoms with E-state index in [4.69, 9.17) is 19.2 Å². The van der Waals surface area contributed by atoms with E-state index >= 15 is 0 Å². The van der Waals surface area contributed by atoms with Crippen molar-refractivity contribution in [3.05, 3.63) is 54.4 Å². The van der Waals surface area contributed by atoms with Crippen LogP contribution in [0, 0.1) is 0 Å². The summed E-state index contributed by atoms with van der Waals surface area (Å²) in [6.45, 7) is 6.92. The quantitative estimate of drug-likeness (QED) is 0.627. The van der Waals surface area contributed by atoms with E-state index in [1.54, 1.807) is 7.11 Å². The van der Waals surface area contributed by atoms with Crippen LogP contribution in [0.15, 0.2) is 48.5 Å². The summed E-state index contributed by atoms with van der Waals surface area (Å²) in [6.07, 6.45) is 0. The van der Waals surface area contributed by atoms with E-state index in [1.807, 2.05) is 30.3 Å². The first-order chi connectivity index (χ1) is 13.8. The fourth-order valence-corrected chi connectivity index (χ4v) is 3.76. The van der Waals surface area contributed by atoms with Crippen LogP contribution in [0.5, 0.6) is 11.5 Å². The summed E-state index contributed by atoms with van der Waals surface area (Å²) in [5.41, 5.74) is 2.16. The minimum absolute atomic E-state index is 0.225. The normalized spacial score (nSPS) is 16.2. The molecule has 0 spiro atoms. The van der Waals surface area contributed by atoms with E-state index in [-0.39, 0.29) is 6.04 Å². The number of nitrogens with zero attached hydrogens (tertiary/aromatic N) is 3. The van der Waals surface area contributed by atoms with Crippen molar-refractivity contribution in [3.8, 4) is 11.5 Å². The summed E-state index contributed by atoms with van der Waals surface area (Å²) in [7, 11) is 1.66. The van der Waals surface area contributed by atoms with Gasteiger partial charge in [0.25, 0.3) is 0 Å². The van der Waals surface area contributed by atoms with Crippen molar-refractivity contribution in [2.24, 2.45) is 0 Å². The molecule has 2 heterocycles. The molecule has 2 aromatic carbocycles. The van der Waals surface area contributed by atoms with Gasteiger partial charge in [0.05, 0.1) is 43.9 Å². The molecule has 1 fully saturated rings. The Morgan fingerprint density at radius 3 is 2.54 bits per heavy atom. The minimum Gasteiger partial charge on any atom is -0.493 e. The van der Waals surface area contributed by atoms with E-state index in [0.29, 0.717) is 6.61 Å². The second-order valence-electron chi connectivity index (χ2n) is 6.93. The van der Waals surface area contributed by atoms with Crippen LogP contribution in [-0.2, 0) is 11.3 Å². The number of rotatable bonds is 7. The van der Waals surface area contributed by atoms with Crippen molar-refractivity contribution in [3.63, 3.8) is 0 Å². The molecule has 1 saturated heterocycles. The third kappa shape index (κ3) is 3.84. The van der Waals surface area contributed by atoms with Crippen molar-refractivity contribution in [2.75, 3.05) is 40.0 Å². The zero-order valence-electron chi connectivity index (χ0n) is 16.5. The number of morpholine rings is 1. The fourth-order valence-electron chi connectivity index (χ4n) is 3.76. The average Bonchev–Trinajstić information content (AvgIpc) is 3.13. The number of benzene rings is 2. The van der Waals surface area contributed by atoms with Crippen LogP contribution in [-0.4, -0.2) is 54.5 Å². The molecular formula is C22H27N3O3. The van der Waals surface area contributed by atoms with Gasteiger partial charge < -0.3 is 18.8 Å². The second-order valence-corrected chi connectivity index (χ2v) is 6.93. The number of imidazole rings is 1. The molecule has 0 saturated carbocycles. The summed E-state index contributed by atoms with van der Waals surface area (Å²) >= 11 is 0. The fraction of sp³-hybridized carbons (Fsp3) is 0.409. The summed E-state index contributed by atoms with van der Waals surface area (Å²) in [5, 5.41) is 0. The number of methoxy groups -OCH3 is 1. The number of hydrogen-bond acceptors (Lipinski definition) is 5. The smallest absolute Gasteiger partial charge is 0.161 e. The lowest BCUT2D eigenvalue weighted by Gasteiger charge is -2.32. The zero-order valence-corrected chi connectivity index (χ0v) is 16.5. The van der Waals surface area contributed by atoms with Gasteiger partial charge in [0.2, 0.25) is 0 Å². The van der Waals surface area contributed by atoms with E-state index in [0.717, 1.165) is 61.2 Å². The van der Waals surface area contributed by atoms with Gasteiger partial charge in [-0.3, -0.25) is 4.90 Å². The maximum absolute atomic E-state index is 6.02. The van der Waals surface area contributed by atoms with Crippen molar-refractivity contribution >= 4 is 11.0 Å². The van der Waals surface area contributed by atoms with Gasteiger partial charge >= 0.3 is 0 Å². The van der Waals surface area contributed by atoms with Crippen LogP contribution in [0.25, 0.3) is 11.0 Å². The minimum atomic E-state index is 0.225. The highest BCUT2D eigenvalue weighted by Gasteiger charge is 2.24. The average molecular weight is 381 g/mol. The maximum Gasteiger partial charge on any atom is 0.161 e. The van der Waals surface area contributed by atoms with Crippen molar-refractivity contribution in [1.29, 1.82) is 0 Å². The molecule has 1 unspecified atom stereocenters. The van der Waals surface area contributed by atoms with E-state index in [1.165, 1.54) is 0 Å². The third-order valence-electron chi connectivity index (χ3n) is 5.29. The number of aromatic nitrogens is 2. The second kappa shape index (κ2) is 8.63. The number of fused-ring (bicyclic) bond motifs is 1. The Hall–Kier alpha value is -2.57. The Morgan fingerprint density at radius 1 is 1.04 bits per heavy atom. The number of hydrogen-bond donors (Lipinski definition) is 0. The number of para-hydroxylation sites is 4. The predicted molar refractivity (Wildman–Crippen MR) is 109 cm³/mol. The molecule has 1 atom stereocenters. The van der Waals surface area contributed by atoms with Crippen molar-refractivity contribution in [2.45, 2.75) is 19.5 Å². The standard InChI is InChI=1S/C22H27N3O3/c1-17(24-11-14-27-15-12-24)22-23-18-7-3-4-8-19(18)25(22)13-16-28-21-10-6-5-9-20(21)26-2/h3-10,17H,11-16H2,1-2H3. The Morgan fingerprint density at radius 2 is 1.75 bits per heavy atom. The molecule has 6 nitrogen and oxygen atoms in total. The van der Waals surface area contributed by atoms with Gasteiger partial charge in [0.15, 0.2) is 11.5 Å². The molecule has 4 rings (SSSR count). The van der Waals surface area contributed by atoms with Crippen LogP contribution in [0.2, 0.25) is 0 Å². The lowest BCUT2D eigenvalue weighted by molar-refractivity contribution is 0.0175. The molecule has 0 bridgehead atoms. The molecule has 0 amide bonds. The summed E-state index contributed by atoms with van der Waals surface area (Å²) in [5.74, 6) is 2.59. The van der Waals surface area contributed by atoms with Gasteiger partial charge in [-0.25, -0.2) is 4.98 Å². The summed E-state index contributed by atoms with van der Waals surface area (Å²) in [4.78, 5) is 7.38. The molecule has 0 aliphatic carbocycles. The Kier molecular flexibility index (Phi) is 5.78. The highest BCUT2D eigenvalue weighted by atomic mass is 16.5. The van der Waals surface area contributed by atoms with Crippen molar-refractivity contribution < 1.29 is 14.2 Å². The third-order valence-corrected chi connectivity index (χ3v) is 5.29. The maximum atomic E-state index is 6.02. The highest BCUT2D eigenvalue weighted by Crippen LogP contribution is 2.27. The zero-order chi connectivity index (χ0) is 19.3. The molecule has 148 valence electrons. The van der Waals surface area contributed by atoms with Crippen LogP contribution < -0.4 is 9.47 Å². The Labute approximate surface area is 165 Å². The Bertz CT molecular complexity index is 918. The van der Waals surface area contributed by atoms with Gasteiger partial charge in [-0.05, 0) is 31.2 Å². The molecule has 0 radical (unpaired) electrons. The molecule has 28 heavy (non-hydrogen) atoms. The molecular weight excluding hydrogens is 354 g/mol. The lowest BCUT2D eigenvalue weighted by Crippen LogP contribution is -2.39. The van der Waals surface area contributed by atoms with E-state index < -0.39 is 0 Å². The predicted octanol–water partition coefficient (Wildman–Crippen LogP) is 3.52. The SMILES string of the molecule is COc1ccccc1OCCn1c(C(C)N2CCOCC2)nc2ccccc21. The highest BCUT2D eigenvalue weighted by molar-refractivity contribution is 5.76. The van der Waals surface area contributed by atoms with Crippen LogP contribution >= 0.6 is 0 Å². The van der Waals surface area contributed by atoms with Gasteiger partial charge in [-0.1, -0.05) is 24.3 Å². The topological polar surface area (TPSA) is 48.8 Å². The van der Waals surface area contributed by atoms with Crippen LogP contribution in [0.1, 0.15) is 18.8 Å². The van der Waals surface area contributed by atoms with Gasteiger partial charge in [-0.2, -0.15) is 0 Å². The monoisotopic (exact) mass is 381 g/mol. The lowest BCUT2D eigenvalue weighted by atomic mass is 10.2. The first-order valence-corrected chi connectivity index (χ1v) is 9.80. The Balaban J connectivity index is 1.56. The van der Waals surface area contributed by atoms with Crippen LogP contribution in [0.3, 0.4) is 0 Å². The van der Waals surface area contributed by atoms with E-state index in [9.17, 15) is 0 Å². The largest absolute Gasteiger partial charge is 0.493 e. The van der Waals surface area contributed by atoms with Gasteiger partial charge in [-0.15, -0.1) is 0 Å². The molecule has 6 heteroatoms. The summed E-state index contributed by atoms with van der Waals surface area (Å²) in [6, 6.07) is 16.3. The van der Waals surface area contributed by atoms with Gasteiger partial charge in [0, 0.05) is 13.1 Å². The molecule has 1 aliphatic rings. The molecule has 3 aromatic rings. The number of ether oxygens (including phenoxy) is 3. The first kappa shape index (κ1) is 18.8. The van der Waals surface area contributed by atoms with Crippen LogP contribution in [0.4, 0.5) is 0 Å².